The first-order valence-electron chi connectivity index (χ1n) is 7.47. The summed E-state index contributed by atoms with van der Waals surface area (Å²) in [5.74, 6) is 1.71. The summed E-state index contributed by atoms with van der Waals surface area (Å²) in [6.45, 7) is 5.91. The van der Waals surface area contributed by atoms with E-state index in [4.69, 9.17) is 4.52 Å². The summed E-state index contributed by atoms with van der Waals surface area (Å²) in [5.41, 5.74) is 1.68. The van der Waals surface area contributed by atoms with Crippen LogP contribution in [-0.2, 0) is 18.3 Å². The Morgan fingerprint density at radius 2 is 2.26 bits per heavy atom. The molecule has 1 aliphatic heterocycles. The number of nitrogens with one attached hydrogen (secondary N) is 1. The van der Waals surface area contributed by atoms with Crippen molar-refractivity contribution >= 4 is 18.3 Å². The van der Waals surface area contributed by atoms with Crippen molar-refractivity contribution in [2.24, 2.45) is 7.05 Å². The van der Waals surface area contributed by atoms with Gasteiger partial charge in [-0.2, -0.15) is 0 Å². The molecule has 0 aromatic carbocycles. The molecule has 2 aromatic rings. The van der Waals surface area contributed by atoms with Gasteiger partial charge in [0, 0.05) is 44.6 Å². The molecule has 1 saturated heterocycles. The molecular formula is C15H22ClN5O2. The first-order chi connectivity index (χ1) is 10.6. The standard InChI is InChI=1S/C15H21N5O2.ClH/c1-10-12(11(2)22-18-10)8-14(21)20-7-4-16-9-13(20)15-17-5-6-19(15)3;/h5-6,13,16H,4,7-9H2,1-3H3;1H. The van der Waals surface area contributed by atoms with E-state index in [9.17, 15) is 4.79 Å². The minimum absolute atomic E-state index is 0. The Labute approximate surface area is 141 Å². The molecule has 23 heavy (non-hydrogen) atoms. The number of nitrogens with zero attached hydrogens (tertiary/aromatic N) is 4. The fourth-order valence-electron chi connectivity index (χ4n) is 2.94. The molecule has 1 aliphatic rings. The van der Waals surface area contributed by atoms with Crippen LogP contribution in [0.1, 0.15) is 28.9 Å². The molecule has 0 saturated carbocycles. The zero-order valence-corrected chi connectivity index (χ0v) is 14.4. The average molecular weight is 340 g/mol. The molecule has 1 fully saturated rings. The molecule has 1 unspecified atom stereocenters. The summed E-state index contributed by atoms with van der Waals surface area (Å²) in [6.07, 6.45) is 3.99. The van der Waals surface area contributed by atoms with Gasteiger partial charge in [0.25, 0.3) is 0 Å². The van der Waals surface area contributed by atoms with Gasteiger partial charge < -0.3 is 19.3 Å². The van der Waals surface area contributed by atoms with Crippen molar-refractivity contribution in [2.45, 2.75) is 26.3 Å². The van der Waals surface area contributed by atoms with Gasteiger partial charge in [0.15, 0.2) is 0 Å². The number of carbonyl (C=O) groups is 1. The minimum Gasteiger partial charge on any atom is -0.361 e. The number of imidazole rings is 1. The van der Waals surface area contributed by atoms with Crippen LogP contribution in [0.25, 0.3) is 0 Å². The zero-order valence-electron chi connectivity index (χ0n) is 13.6. The van der Waals surface area contributed by atoms with E-state index in [-0.39, 0.29) is 24.4 Å². The van der Waals surface area contributed by atoms with E-state index in [1.165, 1.54) is 0 Å². The Kier molecular flexibility index (Phi) is 5.43. The van der Waals surface area contributed by atoms with Crippen LogP contribution in [0, 0.1) is 13.8 Å². The number of hydrogen-bond acceptors (Lipinski definition) is 5. The van der Waals surface area contributed by atoms with E-state index in [1.807, 2.05) is 36.6 Å². The van der Waals surface area contributed by atoms with Crippen molar-refractivity contribution in [2.75, 3.05) is 19.6 Å². The lowest BCUT2D eigenvalue weighted by Gasteiger charge is -2.35. The Morgan fingerprint density at radius 1 is 1.48 bits per heavy atom. The Balaban J connectivity index is 0.00000192. The van der Waals surface area contributed by atoms with Crippen molar-refractivity contribution in [3.8, 4) is 0 Å². The molecular weight excluding hydrogens is 318 g/mol. The van der Waals surface area contributed by atoms with Crippen LogP contribution in [0.4, 0.5) is 0 Å². The first kappa shape index (κ1) is 17.5. The van der Waals surface area contributed by atoms with Gasteiger partial charge in [-0.05, 0) is 13.8 Å². The van der Waals surface area contributed by atoms with Crippen LogP contribution in [0.3, 0.4) is 0 Å². The van der Waals surface area contributed by atoms with Crippen LogP contribution >= 0.6 is 12.4 Å². The van der Waals surface area contributed by atoms with Gasteiger partial charge >= 0.3 is 0 Å². The van der Waals surface area contributed by atoms with Crippen molar-refractivity contribution in [3.63, 3.8) is 0 Å². The molecule has 1 atom stereocenters. The number of piperazine rings is 1. The fraction of sp³-hybridized carbons (Fsp3) is 0.533. The third-order valence-electron chi connectivity index (χ3n) is 4.23. The molecule has 7 nitrogen and oxygen atoms in total. The molecule has 0 aliphatic carbocycles. The van der Waals surface area contributed by atoms with Crippen molar-refractivity contribution in [1.82, 2.24) is 24.9 Å². The maximum absolute atomic E-state index is 12.8. The van der Waals surface area contributed by atoms with Crippen LogP contribution in [0.2, 0.25) is 0 Å². The number of carbonyl (C=O) groups excluding carboxylic acids is 1. The summed E-state index contributed by atoms with van der Waals surface area (Å²) >= 11 is 0. The number of aryl methyl sites for hydroxylation is 3. The second-order valence-electron chi connectivity index (χ2n) is 5.68. The van der Waals surface area contributed by atoms with Crippen LogP contribution < -0.4 is 5.32 Å². The molecule has 1 amide bonds. The molecule has 126 valence electrons. The number of halogens is 1. The van der Waals surface area contributed by atoms with E-state index in [1.54, 1.807) is 6.20 Å². The lowest BCUT2D eigenvalue weighted by Crippen LogP contribution is -2.50. The maximum Gasteiger partial charge on any atom is 0.227 e. The number of amides is 1. The van der Waals surface area contributed by atoms with Gasteiger partial charge in [0.05, 0.1) is 12.1 Å². The highest BCUT2D eigenvalue weighted by Crippen LogP contribution is 2.22. The second-order valence-corrected chi connectivity index (χ2v) is 5.68. The summed E-state index contributed by atoms with van der Waals surface area (Å²) in [6, 6.07) is -0.0401. The normalized spacial score (nSPS) is 17.9. The first-order valence-corrected chi connectivity index (χ1v) is 7.47. The molecule has 0 bridgehead atoms. The Morgan fingerprint density at radius 3 is 2.87 bits per heavy atom. The smallest absolute Gasteiger partial charge is 0.227 e. The summed E-state index contributed by atoms with van der Waals surface area (Å²) in [4.78, 5) is 19.1. The van der Waals surface area contributed by atoms with E-state index in [0.717, 1.165) is 35.9 Å². The third kappa shape index (κ3) is 3.40. The van der Waals surface area contributed by atoms with Crippen molar-refractivity contribution < 1.29 is 9.32 Å². The third-order valence-corrected chi connectivity index (χ3v) is 4.23. The van der Waals surface area contributed by atoms with Gasteiger partial charge in [0.1, 0.15) is 17.6 Å². The highest BCUT2D eigenvalue weighted by atomic mass is 35.5. The van der Waals surface area contributed by atoms with Gasteiger partial charge in [0.2, 0.25) is 5.91 Å². The molecule has 0 radical (unpaired) electrons. The van der Waals surface area contributed by atoms with Crippen molar-refractivity contribution in [3.05, 3.63) is 35.2 Å². The highest BCUT2D eigenvalue weighted by molar-refractivity contribution is 5.85. The number of hydrogen-bond donors (Lipinski definition) is 1. The predicted molar refractivity (Wildman–Crippen MR) is 87.5 cm³/mol. The number of rotatable bonds is 3. The Hall–Kier alpha value is -1.86. The quantitative estimate of drug-likeness (QED) is 0.908. The number of aromatic nitrogens is 3. The summed E-state index contributed by atoms with van der Waals surface area (Å²) < 4.78 is 7.12. The molecule has 3 heterocycles. The van der Waals surface area contributed by atoms with E-state index < -0.39 is 0 Å². The van der Waals surface area contributed by atoms with Crippen molar-refractivity contribution in [1.29, 1.82) is 0 Å². The van der Waals surface area contributed by atoms with Gasteiger partial charge in [-0.3, -0.25) is 4.79 Å². The van der Waals surface area contributed by atoms with Crippen LogP contribution in [-0.4, -0.2) is 45.1 Å². The highest BCUT2D eigenvalue weighted by Gasteiger charge is 2.31. The summed E-state index contributed by atoms with van der Waals surface area (Å²) in [5, 5.41) is 7.26. The van der Waals surface area contributed by atoms with Crippen LogP contribution in [0.15, 0.2) is 16.9 Å². The van der Waals surface area contributed by atoms with Gasteiger partial charge in [-0.25, -0.2) is 4.98 Å². The van der Waals surface area contributed by atoms with E-state index >= 15 is 0 Å². The summed E-state index contributed by atoms with van der Waals surface area (Å²) in [7, 11) is 1.95. The maximum atomic E-state index is 12.8. The zero-order chi connectivity index (χ0) is 15.7. The molecule has 3 rings (SSSR count). The molecule has 2 aromatic heterocycles. The van der Waals surface area contributed by atoms with E-state index in [2.05, 4.69) is 15.5 Å². The average Bonchev–Trinajstić information content (AvgIpc) is 3.07. The molecule has 8 heteroatoms. The topological polar surface area (TPSA) is 76.2 Å². The molecule has 1 N–H and O–H groups in total. The predicted octanol–water partition coefficient (Wildman–Crippen LogP) is 1.16. The lowest BCUT2D eigenvalue weighted by molar-refractivity contribution is -0.134. The SMILES string of the molecule is Cc1noc(C)c1CC(=O)N1CCNCC1c1nccn1C.Cl. The monoisotopic (exact) mass is 339 g/mol. The lowest BCUT2D eigenvalue weighted by atomic mass is 10.1. The van der Waals surface area contributed by atoms with Gasteiger partial charge in [-0.1, -0.05) is 5.16 Å². The second kappa shape index (κ2) is 7.14. The van der Waals surface area contributed by atoms with Crippen LogP contribution in [0.5, 0.6) is 0 Å². The largest absolute Gasteiger partial charge is 0.361 e. The van der Waals surface area contributed by atoms with Gasteiger partial charge in [-0.15, -0.1) is 12.4 Å². The minimum atomic E-state index is -0.0401. The Bertz CT molecular complexity index is 662. The fourth-order valence-corrected chi connectivity index (χ4v) is 2.94. The van der Waals surface area contributed by atoms with E-state index in [0.29, 0.717) is 13.0 Å². The molecule has 0 spiro atoms.